The van der Waals surface area contributed by atoms with Gasteiger partial charge < -0.3 is 10.4 Å². The third-order valence-corrected chi connectivity index (χ3v) is 2.52. The predicted octanol–water partition coefficient (Wildman–Crippen LogP) is 1.90. The highest BCUT2D eigenvalue weighted by molar-refractivity contribution is 5.95. The van der Waals surface area contributed by atoms with Crippen molar-refractivity contribution in [3.05, 3.63) is 41.5 Å². The van der Waals surface area contributed by atoms with E-state index in [0.29, 0.717) is 6.54 Å². The minimum Gasteiger partial charge on any atom is -0.395 e. The molecule has 0 aromatic heterocycles. The molecule has 3 heteroatoms. The Kier molecular flexibility index (Phi) is 5.43. The van der Waals surface area contributed by atoms with Gasteiger partial charge in [0, 0.05) is 12.6 Å². The molecule has 3 nitrogen and oxygen atoms in total. The zero-order valence-corrected chi connectivity index (χ0v) is 10.4. The Morgan fingerprint density at radius 3 is 2.53 bits per heavy atom. The molecule has 0 heterocycles. The number of aryl methyl sites for hydroxylation is 1. The van der Waals surface area contributed by atoms with Gasteiger partial charge in [-0.25, -0.2) is 0 Å². The van der Waals surface area contributed by atoms with Crippen molar-refractivity contribution in [2.24, 2.45) is 0 Å². The number of hydrogen-bond acceptors (Lipinski definition) is 2. The van der Waals surface area contributed by atoms with Crippen LogP contribution in [0.4, 0.5) is 0 Å². The third kappa shape index (κ3) is 4.41. The highest BCUT2D eigenvalue weighted by Gasteiger charge is 2.02. The number of benzene rings is 1. The van der Waals surface area contributed by atoms with E-state index in [-0.39, 0.29) is 12.5 Å². The molecule has 1 aromatic carbocycles. The summed E-state index contributed by atoms with van der Waals surface area (Å²) in [7, 11) is 0. The number of rotatable bonds is 5. The summed E-state index contributed by atoms with van der Waals surface area (Å²) in [6, 6.07) is 8.10. The van der Waals surface area contributed by atoms with Gasteiger partial charge in [-0.05, 0) is 24.5 Å². The first-order valence-corrected chi connectivity index (χ1v) is 5.83. The van der Waals surface area contributed by atoms with Gasteiger partial charge in [-0.15, -0.1) is 0 Å². The Morgan fingerprint density at radius 1 is 1.35 bits per heavy atom. The summed E-state index contributed by atoms with van der Waals surface area (Å²) in [6.45, 7) is 4.31. The van der Waals surface area contributed by atoms with Crippen molar-refractivity contribution >= 4 is 11.5 Å². The fourth-order valence-electron chi connectivity index (χ4n) is 1.55. The molecule has 0 saturated carbocycles. The van der Waals surface area contributed by atoms with Gasteiger partial charge >= 0.3 is 0 Å². The number of hydrogen-bond donors (Lipinski definition) is 2. The normalized spacial score (nSPS) is 11.4. The molecule has 92 valence electrons. The molecule has 0 fully saturated rings. The lowest BCUT2D eigenvalue weighted by Gasteiger charge is -2.06. The van der Waals surface area contributed by atoms with Crippen LogP contribution in [-0.2, 0) is 4.79 Å². The van der Waals surface area contributed by atoms with E-state index < -0.39 is 0 Å². The first-order valence-electron chi connectivity index (χ1n) is 5.83. The second-order valence-electron chi connectivity index (χ2n) is 3.90. The standard InChI is InChI=1S/C14H19NO2/c1-3-12(10-14(17)15-8-9-16)13-6-4-11(2)5-7-13/h4-7,10,16H,3,8-9H2,1-2H3,(H,15,17)/b12-10-. The van der Waals surface area contributed by atoms with Crippen LogP contribution in [0.5, 0.6) is 0 Å². The highest BCUT2D eigenvalue weighted by atomic mass is 16.3. The van der Waals surface area contributed by atoms with Crippen LogP contribution in [0.3, 0.4) is 0 Å². The zero-order chi connectivity index (χ0) is 12.7. The molecule has 2 N–H and O–H groups in total. The van der Waals surface area contributed by atoms with E-state index >= 15 is 0 Å². The average molecular weight is 233 g/mol. The zero-order valence-electron chi connectivity index (χ0n) is 10.4. The van der Waals surface area contributed by atoms with E-state index in [0.717, 1.165) is 17.6 Å². The van der Waals surface area contributed by atoms with Gasteiger partial charge in [0.1, 0.15) is 0 Å². The third-order valence-electron chi connectivity index (χ3n) is 2.52. The summed E-state index contributed by atoms with van der Waals surface area (Å²) >= 11 is 0. The van der Waals surface area contributed by atoms with E-state index in [1.54, 1.807) is 6.08 Å². The van der Waals surface area contributed by atoms with Crippen molar-refractivity contribution in [2.75, 3.05) is 13.2 Å². The lowest BCUT2D eigenvalue weighted by Crippen LogP contribution is -2.24. The van der Waals surface area contributed by atoms with Crippen LogP contribution in [0.25, 0.3) is 5.57 Å². The monoisotopic (exact) mass is 233 g/mol. The SMILES string of the molecule is CC/C(=C/C(=O)NCCO)c1ccc(C)cc1. The summed E-state index contributed by atoms with van der Waals surface area (Å²) in [5.74, 6) is -0.156. The van der Waals surface area contributed by atoms with Crippen molar-refractivity contribution in [2.45, 2.75) is 20.3 Å². The smallest absolute Gasteiger partial charge is 0.244 e. The van der Waals surface area contributed by atoms with Crippen LogP contribution >= 0.6 is 0 Å². The van der Waals surface area contributed by atoms with Crippen LogP contribution in [0.2, 0.25) is 0 Å². The molecular weight excluding hydrogens is 214 g/mol. The maximum atomic E-state index is 11.5. The number of nitrogens with one attached hydrogen (secondary N) is 1. The number of aliphatic hydroxyl groups is 1. The molecule has 0 aliphatic rings. The van der Waals surface area contributed by atoms with Gasteiger partial charge in [0.25, 0.3) is 0 Å². The van der Waals surface area contributed by atoms with E-state index in [1.807, 2.05) is 38.1 Å². The summed E-state index contributed by atoms with van der Waals surface area (Å²) in [6.07, 6.45) is 2.40. The lowest BCUT2D eigenvalue weighted by molar-refractivity contribution is -0.116. The van der Waals surface area contributed by atoms with Crippen molar-refractivity contribution in [3.63, 3.8) is 0 Å². The molecule has 0 saturated heterocycles. The minimum absolute atomic E-state index is 0.0361. The molecule has 0 atom stereocenters. The second-order valence-corrected chi connectivity index (χ2v) is 3.90. The van der Waals surface area contributed by atoms with Crippen LogP contribution < -0.4 is 5.32 Å². The summed E-state index contributed by atoms with van der Waals surface area (Å²) in [5, 5.41) is 11.2. The van der Waals surface area contributed by atoms with Crippen molar-refractivity contribution in [3.8, 4) is 0 Å². The Bertz CT molecular complexity index is 393. The first-order chi connectivity index (χ1) is 8.17. The summed E-state index contributed by atoms with van der Waals surface area (Å²) in [5.41, 5.74) is 3.27. The topological polar surface area (TPSA) is 49.3 Å². The Hall–Kier alpha value is -1.61. The fraction of sp³-hybridized carbons (Fsp3) is 0.357. The Morgan fingerprint density at radius 2 is 2.00 bits per heavy atom. The molecule has 0 unspecified atom stereocenters. The molecule has 1 amide bonds. The highest BCUT2D eigenvalue weighted by Crippen LogP contribution is 2.18. The molecule has 1 rings (SSSR count). The van der Waals surface area contributed by atoms with Crippen LogP contribution in [0, 0.1) is 6.92 Å². The van der Waals surface area contributed by atoms with E-state index in [9.17, 15) is 4.79 Å². The predicted molar refractivity (Wildman–Crippen MR) is 69.5 cm³/mol. The summed E-state index contributed by atoms with van der Waals surface area (Å²) < 4.78 is 0. The first kappa shape index (κ1) is 13.5. The fourth-order valence-corrected chi connectivity index (χ4v) is 1.55. The van der Waals surface area contributed by atoms with Gasteiger partial charge in [0.15, 0.2) is 0 Å². The van der Waals surface area contributed by atoms with Crippen LogP contribution in [-0.4, -0.2) is 24.2 Å². The molecule has 0 spiro atoms. The maximum absolute atomic E-state index is 11.5. The van der Waals surface area contributed by atoms with Gasteiger partial charge in [0.05, 0.1) is 6.61 Å². The number of aliphatic hydroxyl groups excluding tert-OH is 1. The van der Waals surface area contributed by atoms with Crippen molar-refractivity contribution in [1.29, 1.82) is 0 Å². The summed E-state index contributed by atoms with van der Waals surface area (Å²) in [4.78, 5) is 11.5. The van der Waals surface area contributed by atoms with Crippen molar-refractivity contribution in [1.82, 2.24) is 5.32 Å². The Balaban J connectivity index is 2.80. The molecule has 0 radical (unpaired) electrons. The minimum atomic E-state index is -0.156. The second kappa shape index (κ2) is 6.86. The Labute approximate surface area is 102 Å². The van der Waals surface area contributed by atoms with Gasteiger partial charge in [-0.1, -0.05) is 36.8 Å². The quantitative estimate of drug-likeness (QED) is 0.763. The van der Waals surface area contributed by atoms with E-state index in [2.05, 4.69) is 5.32 Å². The molecule has 1 aromatic rings. The lowest BCUT2D eigenvalue weighted by atomic mass is 10.0. The van der Waals surface area contributed by atoms with Gasteiger partial charge in [-0.2, -0.15) is 0 Å². The average Bonchev–Trinajstić information content (AvgIpc) is 2.34. The number of amides is 1. The van der Waals surface area contributed by atoms with Crippen LogP contribution in [0.1, 0.15) is 24.5 Å². The number of carbonyl (C=O) groups excluding carboxylic acids is 1. The maximum Gasteiger partial charge on any atom is 0.244 e. The molecule has 17 heavy (non-hydrogen) atoms. The van der Waals surface area contributed by atoms with E-state index in [1.165, 1.54) is 5.56 Å². The van der Waals surface area contributed by atoms with Crippen LogP contribution in [0.15, 0.2) is 30.3 Å². The molecule has 0 aliphatic carbocycles. The van der Waals surface area contributed by atoms with E-state index in [4.69, 9.17) is 5.11 Å². The van der Waals surface area contributed by atoms with Gasteiger partial charge in [0.2, 0.25) is 5.91 Å². The molecule has 0 bridgehead atoms. The number of carbonyl (C=O) groups is 1. The largest absolute Gasteiger partial charge is 0.395 e. The molecule has 0 aliphatic heterocycles. The van der Waals surface area contributed by atoms with Gasteiger partial charge in [-0.3, -0.25) is 4.79 Å². The molecular formula is C14H19NO2. The van der Waals surface area contributed by atoms with Crippen molar-refractivity contribution < 1.29 is 9.90 Å². The number of allylic oxidation sites excluding steroid dienone is 1.